The maximum atomic E-state index is 5.22. The van der Waals surface area contributed by atoms with E-state index in [1.165, 1.54) is 18.4 Å². The minimum absolute atomic E-state index is 0.574. The lowest BCUT2D eigenvalue weighted by molar-refractivity contribution is 0.396. The summed E-state index contributed by atoms with van der Waals surface area (Å²) in [4.78, 5) is 23.2. The van der Waals surface area contributed by atoms with Crippen LogP contribution in [0.5, 0.6) is 5.88 Å². The van der Waals surface area contributed by atoms with Crippen LogP contribution in [0.4, 0.5) is 11.8 Å². The lowest BCUT2D eigenvalue weighted by Crippen LogP contribution is -2.47. The number of anilines is 2. The van der Waals surface area contributed by atoms with E-state index in [0.717, 1.165) is 55.9 Å². The molecule has 2 aromatic heterocycles. The van der Waals surface area contributed by atoms with Crippen molar-refractivity contribution in [2.24, 2.45) is 0 Å². The molecule has 0 N–H and O–H groups in total. The predicted molar refractivity (Wildman–Crippen MR) is 101 cm³/mol. The first-order valence-electron chi connectivity index (χ1n) is 9.44. The van der Waals surface area contributed by atoms with Crippen molar-refractivity contribution < 1.29 is 4.74 Å². The van der Waals surface area contributed by atoms with Crippen LogP contribution in [0.1, 0.15) is 42.8 Å². The van der Waals surface area contributed by atoms with Crippen molar-refractivity contribution >= 4 is 11.8 Å². The highest BCUT2D eigenvalue weighted by molar-refractivity contribution is 5.51. The number of ether oxygens (including phenoxy) is 1. The Morgan fingerprint density at radius 3 is 2.46 bits per heavy atom. The van der Waals surface area contributed by atoms with Crippen LogP contribution in [-0.4, -0.2) is 53.2 Å². The van der Waals surface area contributed by atoms with Gasteiger partial charge in [0.05, 0.1) is 7.11 Å². The molecule has 1 aliphatic carbocycles. The van der Waals surface area contributed by atoms with Gasteiger partial charge in [-0.25, -0.2) is 15.0 Å². The van der Waals surface area contributed by atoms with Gasteiger partial charge in [-0.1, -0.05) is 6.92 Å². The summed E-state index contributed by atoms with van der Waals surface area (Å²) < 4.78 is 5.22. The summed E-state index contributed by atoms with van der Waals surface area (Å²) in [5.74, 6) is 4.08. The monoisotopic (exact) mass is 354 g/mol. The standard InChI is InChI=1S/C19H26N6O/c1-4-15-13(2)21-17(14-5-6-14)23-18(15)24-9-11-25(12-10-24)19-20-8-7-16(22-19)26-3/h7-8,14H,4-6,9-12H2,1-3H3. The molecule has 0 aromatic carbocycles. The summed E-state index contributed by atoms with van der Waals surface area (Å²) in [7, 11) is 1.63. The van der Waals surface area contributed by atoms with Crippen LogP contribution < -0.4 is 14.5 Å². The van der Waals surface area contributed by atoms with Crippen molar-refractivity contribution in [2.75, 3.05) is 43.1 Å². The minimum Gasteiger partial charge on any atom is -0.481 e. The molecule has 0 spiro atoms. The van der Waals surface area contributed by atoms with Gasteiger partial charge in [0.25, 0.3) is 0 Å². The molecule has 3 heterocycles. The van der Waals surface area contributed by atoms with E-state index in [2.05, 4.69) is 33.6 Å². The average molecular weight is 354 g/mol. The second-order valence-corrected chi connectivity index (χ2v) is 6.97. The zero-order valence-electron chi connectivity index (χ0n) is 15.8. The number of hydrogen-bond acceptors (Lipinski definition) is 7. The van der Waals surface area contributed by atoms with Gasteiger partial charge in [-0.05, 0) is 26.2 Å². The molecule has 0 radical (unpaired) electrons. The second kappa shape index (κ2) is 7.05. The summed E-state index contributed by atoms with van der Waals surface area (Å²) in [5, 5.41) is 0. The Bertz CT molecular complexity index is 784. The van der Waals surface area contributed by atoms with Gasteiger partial charge in [-0.3, -0.25) is 0 Å². The zero-order chi connectivity index (χ0) is 18.1. The van der Waals surface area contributed by atoms with Gasteiger partial charge < -0.3 is 14.5 Å². The SMILES string of the molecule is CCc1c(C)nc(C2CC2)nc1N1CCN(c2nccc(OC)n2)CC1. The van der Waals surface area contributed by atoms with Gasteiger partial charge in [0.2, 0.25) is 11.8 Å². The molecule has 0 atom stereocenters. The van der Waals surface area contributed by atoms with E-state index in [0.29, 0.717) is 11.8 Å². The molecule has 0 amide bonds. The number of aromatic nitrogens is 4. The van der Waals surface area contributed by atoms with Crippen LogP contribution in [0.2, 0.25) is 0 Å². The molecule has 1 aliphatic heterocycles. The van der Waals surface area contributed by atoms with Crippen molar-refractivity contribution in [1.29, 1.82) is 0 Å². The van der Waals surface area contributed by atoms with Crippen molar-refractivity contribution in [1.82, 2.24) is 19.9 Å². The van der Waals surface area contributed by atoms with E-state index in [-0.39, 0.29) is 0 Å². The highest BCUT2D eigenvalue weighted by atomic mass is 16.5. The van der Waals surface area contributed by atoms with E-state index in [4.69, 9.17) is 14.7 Å². The Hall–Kier alpha value is -2.44. The highest BCUT2D eigenvalue weighted by Gasteiger charge is 2.30. The van der Waals surface area contributed by atoms with E-state index >= 15 is 0 Å². The zero-order valence-corrected chi connectivity index (χ0v) is 15.8. The van der Waals surface area contributed by atoms with E-state index in [1.807, 2.05) is 0 Å². The fraction of sp³-hybridized carbons (Fsp3) is 0.579. The molecule has 2 fully saturated rings. The Labute approximate surface area is 154 Å². The molecule has 1 saturated heterocycles. The molecule has 0 unspecified atom stereocenters. The second-order valence-electron chi connectivity index (χ2n) is 6.97. The van der Waals surface area contributed by atoms with Crippen LogP contribution in [0.15, 0.2) is 12.3 Å². The van der Waals surface area contributed by atoms with Gasteiger partial charge in [0, 0.05) is 55.6 Å². The number of hydrogen-bond donors (Lipinski definition) is 0. The molecular weight excluding hydrogens is 328 g/mol. The Morgan fingerprint density at radius 2 is 1.81 bits per heavy atom. The molecule has 7 heteroatoms. The van der Waals surface area contributed by atoms with Crippen LogP contribution >= 0.6 is 0 Å². The molecular formula is C19H26N6O. The minimum atomic E-state index is 0.574. The first kappa shape index (κ1) is 17.0. The predicted octanol–water partition coefficient (Wildman–Crippen LogP) is 2.35. The quantitative estimate of drug-likeness (QED) is 0.816. The van der Waals surface area contributed by atoms with Crippen LogP contribution in [0.25, 0.3) is 0 Å². The highest BCUT2D eigenvalue weighted by Crippen LogP contribution is 2.39. The molecule has 138 valence electrons. The molecule has 1 saturated carbocycles. The van der Waals surface area contributed by atoms with Crippen molar-refractivity contribution in [3.8, 4) is 5.88 Å². The van der Waals surface area contributed by atoms with Crippen LogP contribution in [-0.2, 0) is 6.42 Å². The van der Waals surface area contributed by atoms with Crippen molar-refractivity contribution in [3.63, 3.8) is 0 Å². The number of methoxy groups -OCH3 is 1. The van der Waals surface area contributed by atoms with Gasteiger partial charge >= 0.3 is 0 Å². The number of rotatable bonds is 5. The number of aryl methyl sites for hydroxylation is 1. The van der Waals surface area contributed by atoms with Gasteiger partial charge in [0.15, 0.2) is 0 Å². The lowest BCUT2D eigenvalue weighted by Gasteiger charge is -2.36. The number of piperazine rings is 1. The molecule has 2 aliphatic rings. The van der Waals surface area contributed by atoms with Gasteiger partial charge in [0.1, 0.15) is 11.6 Å². The maximum Gasteiger partial charge on any atom is 0.228 e. The summed E-state index contributed by atoms with van der Waals surface area (Å²) in [6.07, 6.45) is 5.17. The average Bonchev–Trinajstić information content (AvgIpc) is 3.53. The summed E-state index contributed by atoms with van der Waals surface area (Å²) in [6.45, 7) is 7.88. The van der Waals surface area contributed by atoms with Crippen molar-refractivity contribution in [3.05, 3.63) is 29.3 Å². The third-order valence-electron chi connectivity index (χ3n) is 5.19. The summed E-state index contributed by atoms with van der Waals surface area (Å²) in [5.41, 5.74) is 2.42. The van der Waals surface area contributed by atoms with Gasteiger partial charge in [-0.2, -0.15) is 4.98 Å². The molecule has 7 nitrogen and oxygen atoms in total. The molecule has 4 rings (SSSR count). The third-order valence-corrected chi connectivity index (χ3v) is 5.19. The first-order chi connectivity index (χ1) is 12.7. The molecule has 2 aromatic rings. The van der Waals surface area contributed by atoms with Crippen LogP contribution in [0.3, 0.4) is 0 Å². The maximum absolute atomic E-state index is 5.22. The topological polar surface area (TPSA) is 67.3 Å². The van der Waals surface area contributed by atoms with Gasteiger partial charge in [-0.15, -0.1) is 0 Å². The fourth-order valence-electron chi connectivity index (χ4n) is 3.52. The number of nitrogens with zero attached hydrogens (tertiary/aromatic N) is 6. The normalized spacial score (nSPS) is 17.5. The largest absolute Gasteiger partial charge is 0.481 e. The van der Waals surface area contributed by atoms with Crippen LogP contribution in [0, 0.1) is 6.92 Å². The Kier molecular flexibility index (Phi) is 4.61. The van der Waals surface area contributed by atoms with E-state index in [1.54, 1.807) is 19.4 Å². The smallest absolute Gasteiger partial charge is 0.228 e. The summed E-state index contributed by atoms with van der Waals surface area (Å²) in [6, 6.07) is 1.77. The summed E-state index contributed by atoms with van der Waals surface area (Å²) >= 11 is 0. The molecule has 26 heavy (non-hydrogen) atoms. The molecule has 0 bridgehead atoms. The van der Waals surface area contributed by atoms with E-state index < -0.39 is 0 Å². The fourth-order valence-corrected chi connectivity index (χ4v) is 3.52. The van der Waals surface area contributed by atoms with E-state index in [9.17, 15) is 0 Å². The lowest BCUT2D eigenvalue weighted by atomic mass is 10.1. The Morgan fingerprint density at radius 1 is 1.08 bits per heavy atom. The van der Waals surface area contributed by atoms with Crippen molar-refractivity contribution in [2.45, 2.75) is 39.0 Å². The Balaban J connectivity index is 1.52. The third kappa shape index (κ3) is 3.30. The first-order valence-corrected chi connectivity index (χ1v) is 9.44.